The molecule has 9 heteroatoms. The summed E-state index contributed by atoms with van der Waals surface area (Å²) in [6.45, 7) is 3.19. The van der Waals surface area contributed by atoms with Gasteiger partial charge >= 0.3 is 5.97 Å². The zero-order chi connectivity index (χ0) is 15.9. The molecule has 1 aromatic rings. The van der Waals surface area contributed by atoms with Crippen molar-refractivity contribution in [1.29, 1.82) is 0 Å². The Hall–Kier alpha value is -0.670. The maximum absolute atomic E-state index is 11.8. The molecule has 0 aliphatic carbocycles. The van der Waals surface area contributed by atoms with Crippen LogP contribution in [0.15, 0.2) is 9.59 Å². The van der Waals surface area contributed by atoms with Crippen LogP contribution in [0, 0.1) is 6.92 Å². The van der Waals surface area contributed by atoms with Gasteiger partial charge in [-0.3, -0.25) is 0 Å². The first-order chi connectivity index (χ1) is 9.88. The Morgan fingerprint density at radius 2 is 2.00 bits per heavy atom. The van der Waals surface area contributed by atoms with Crippen LogP contribution in [0.3, 0.4) is 0 Å². The fourth-order valence-corrected chi connectivity index (χ4v) is 4.03. The number of rotatable bonds is 9. The third-order valence-electron chi connectivity index (χ3n) is 2.53. The molecular formula is C12H17ClO6S2. The van der Waals surface area contributed by atoms with Crippen molar-refractivity contribution in [2.24, 2.45) is 0 Å². The number of methoxy groups -OCH3 is 1. The van der Waals surface area contributed by atoms with Gasteiger partial charge in [0.15, 0.2) is 0 Å². The van der Waals surface area contributed by atoms with Crippen molar-refractivity contribution in [2.45, 2.75) is 17.6 Å². The third-order valence-corrected chi connectivity index (χ3v) is 5.84. The molecule has 0 amide bonds. The van der Waals surface area contributed by atoms with Crippen LogP contribution >= 0.6 is 22.0 Å². The van der Waals surface area contributed by atoms with Gasteiger partial charge in [0.2, 0.25) is 0 Å². The number of carbonyl (C=O) groups excluding carboxylic acids is 1. The van der Waals surface area contributed by atoms with Crippen molar-refractivity contribution >= 4 is 37.0 Å². The highest BCUT2D eigenvalue weighted by atomic mass is 35.7. The summed E-state index contributed by atoms with van der Waals surface area (Å²) in [6.07, 6.45) is 0.555. The molecule has 0 atom stereocenters. The van der Waals surface area contributed by atoms with Crippen molar-refractivity contribution in [1.82, 2.24) is 0 Å². The van der Waals surface area contributed by atoms with Gasteiger partial charge in [0.05, 0.1) is 25.4 Å². The van der Waals surface area contributed by atoms with Crippen molar-refractivity contribution in [3.8, 4) is 0 Å². The zero-order valence-electron chi connectivity index (χ0n) is 11.8. The molecule has 0 fully saturated rings. The van der Waals surface area contributed by atoms with Gasteiger partial charge in [0.25, 0.3) is 9.05 Å². The van der Waals surface area contributed by atoms with Gasteiger partial charge in [0.1, 0.15) is 4.21 Å². The molecule has 120 valence electrons. The quantitative estimate of drug-likeness (QED) is 0.383. The molecule has 0 aliphatic rings. The van der Waals surface area contributed by atoms with Gasteiger partial charge < -0.3 is 14.2 Å². The van der Waals surface area contributed by atoms with Gasteiger partial charge in [-0.1, -0.05) is 0 Å². The van der Waals surface area contributed by atoms with E-state index in [1.807, 2.05) is 0 Å². The Labute approximate surface area is 132 Å². The summed E-state index contributed by atoms with van der Waals surface area (Å²) in [5, 5.41) is 1.43. The first kappa shape index (κ1) is 18.4. The molecule has 6 nitrogen and oxygen atoms in total. The van der Waals surface area contributed by atoms with E-state index in [2.05, 4.69) is 0 Å². The minimum Gasteiger partial charge on any atom is -0.462 e. The molecular weight excluding hydrogens is 340 g/mol. The van der Waals surface area contributed by atoms with Crippen molar-refractivity contribution < 1.29 is 27.4 Å². The molecule has 1 heterocycles. The minimum absolute atomic E-state index is 0.0287. The van der Waals surface area contributed by atoms with E-state index in [9.17, 15) is 13.2 Å². The van der Waals surface area contributed by atoms with E-state index < -0.39 is 15.0 Å². The summed E-state index contributed by atoms with van der Waals surface area (Å²) in [6, 6.07) is 0. The second-order valence-electron chi connectivity index (χ2n) is 4.09. The van der Waals surface area contributed by atoms with Gasteiger partial charge in [0, 0.05) is 36.2 Å². The number of ether oxygens (including phenoxy) is 3. The summed E-state index contributed by atoms with van der Waals surface area (Å²) in [7, 11) is 3.03. The van der Waals surface area contributed by atoms with E-state index in [1.165, 1.54) is 12.3 Å². The first-order valence-electron chi connectivity index (χ1n) is 6.14. The van der Waals surface area contributed by atoms with Gasteiger partial charge in [-0.05, 0) is 12.5 Å². The number of esters is 1. The van der Waals surface area contributed by atoms with Crippen LogP contribution < -0.4 is 0 Å². The molecule has 0 aliphatic heterocycles. The zero-order valence-corrected chi connectivity index (χ0v) is 14.1. The molecule has 0 bridgehead atoms. The molecule has 0 saturated carbocycles. The standard InChI is InChI=1S/C12H17ClO6S2/c1-9-10(8-20-12(9)21(13,15)16)11(14)19-5-3-4-18-7-6-17-2/h8H,3-7H2,1-2H3. The van der Waals surface area contributed by atoms with Crippen LogP contribution in [0.2, 0.25) is 0 Å². The molecule has 0 unspecified atom stereocenters. The van der Waals surface area contributed by atoms with E-state index in [4.69, 9.17) is 24.9 Å². The summed E-state index contributed by atoms with van der Waals surface area (Å²) in [5.41, 5.74) is 0.538. The normalized spacial score (nSPS) is 11.6. The van der Waals surface area contributed by atoms with E-state index in [-0.39, 0.29) is 16.4 Å². The highest BCUT2D eigenvalue weighted by Gasteiger charge is 2.22. The molecule has 0 saturated heterocycles. The smallest absolute Gasteiger partial charge is 0.339 e. The fourth-order valence-electron chi connectivity index (χ4n) is 1.49. The van der Waals surface area contributed by atoms with E-state index in [0.29, 0.717) is 31.8 Å². The molecule has 1 aromatic heterocycles. The Kier molecular flexibility index (Phi) is 7.61. The minimum atomic E-state index is -3.83. The average Bonchev–Trinajstić information content (AvgIpc) is 2.79. The van der Waals surface area contributed by atoms with E-state index in [0.717, 1.165) is 11.3 Å². The first-order valence-corrected chi connectivity index (χ1v) is 9.33. The maximum Gasteiger partial charge on any atom is 0.339 e. The van der Waals surface area contributed by atoms with E-state index >= 15 is 0 Å². The summed E-state index contributed by atoms with van der Waals surface area (Å²) in [5.74, 6) is -0.563. The Morgan fingerprint density at radius 1 is 1.29 bits per heavy atom. The molecule has 0 spiro atoms. The summed E-state index contributed by atoms with van der Waals surface area (Å²) < 4.78 is 37.6. The predicted octanol–water partition coefficient (Wildman–Crippen LogP) is 2.19. The van der Waals surface area contributed by atoms with Crippen LogP contribution in [0.4, 0.5) is 0 Å². The van der Waals surface area contributed by atoms with Crippen LogP contribution in [-0.2, 0) is 23.3 Å². The second kappa shape index (κ2) is 8.70. The number of hydrogen-bond acceptors (Lipinski definition) is 7. The topological polar surface area (TPSA) is 78.9 Å². The summed E-state index contributed by atoms with van der Waals surface area (Å²) in [4.78, 5) is 11.8. The number of hydrogen-bond donors (Lipinski definition) is 0. The molecule has 1 rings (SSSR count). The lowest BCUT2D eigenvalue weighted by atomic mass is 10.2. The van der Waals surface area contributed by atoms with Crippen LogP contribution in [0.5, 0.6) is 0 Å². The Morgan fingerprint density at radius 3 is 2.57 bits per heavy atom. The lowest BCUT2D eigenvalue weighted by Crippen LogP contribution is -2.10. The monoisotopic (exact) mass is 356 g/mol. The van der Waals surface area contributed by atoms with Gasteiger partial charge in [-0.25, -0.2) is 13.2 Å². The highest BCUT2D eigenvalue weighted by molar-refractivity contribution is 8.15. The van der Waals surface area contributed by atoms with Crippen LogP contribution in [0.1, 0.15) is 22.3 Å². The molecule has 0 radical (unpaired) electrons. The number of carbonyl (C=O) groups is 1. The number of halogens is 1. The number of thiophene rings is 1. The SMILES string of the molecule is COCCOCCCOC(=O)c1csc(S(=O)(=O)Cl)c1C. The highest BCUT2D eigenvalue weighted by Crippen LogP contribution is 2.29. The molecule has 0 N–H and O–H groups in total. The van der Waals surface area contributed by atoms with Crippen molar-refractivity contribution in [2.75, 3.05) is 33.5 Å². The fraction of sp³-hybridized carbons (Fsp3) is 0.583. The van der Waals surface area contributed by atoms with Crippen molar-refractivity contribution in [3.63, 3.8) is 0 Å². The average molecular weight is 357 g/mol. The van der Waals surface area contributed by atoms with Gasteiger partial charge in [-0.2, -0.15) is 0 Å². The summed E-state index contributed by atoms with van der Waals surface area (Å²) >= 11 is 0.905. The third kappa shape index (κ3) is 5.91. The predicted molar refractivity (Wildman–Crippen MR) is 79.7 cm³/mol. The Balaban J connectivity index is 2.42. The van der Waals surface area contributed by atoms with E-state index in [1.54, 1.807) is 7.11 Å². The maximum atomic E-state index is 11.8. The van der Waals surface area contributed by atoms with Crippen molar-refractivity contribution in [3.05, 3.63) is 16.5 Å². The lowest BCUT2D eigenvalue weighted by Gasteiger charge is -2.05. The second-order valence-corrected chi connectivity index (χ2v) is 7.74. The molecule has 0 aromatic carbocycles. The lowest BCUT2D eigenvalue weighted by molar-refractivity contribution is 0.0385. The van der Waals surface area contributed by atoms with Crippen LogP contribution in [-0.4, -0.2) is 47.9 Å². The van der Waals surface area contributed by atoms with Gasteiger partial charge in [-0.15, -0.1) is 11.3 Å². The van der Waals surface area contributed by atoms with Crippen LogP contribution in [0.25, 0.3) is 0 Å². The Bertz CT molecular complexity index is 566. The molecule has 21 heavy (non-hydrogen) atoms. The largest absolute Gasteiger partial charge is 0.462 e.